The highest BCUT2D eigenvalue weighted by atomic mass is 32.2. The Hall–Kier alpha value is -3.08. The number of anilines is 3. The summed E-state index contributed by atoms with van der Waals surface area (Å²) in [6, 6.07) is 14.0. The molecule has 3 rings (SSSR count). The van der Waals surface area contributed by atoms with Gasteiger partial charge < -0.3 is 10.4 Å². The van der Waals surface area contributed by atoms with E-state index in [4.69, 9.17) is 5.11 Å². The van der Waals surface area contributed by atoms with E-state index in [-0.39, 0.29) is 11.5 Å². The Bertz CT molecular complexity index is 1130. The predicted octanol–water partition coefficient (Wildman–Crippen LogP) is 4.17. The minimum absolute atomic E-state index is 0.241. The molecule has 0 aliphatic heterocycles. The fourth-order valence-corrected chi connectivity index (χ4v) is 4.81. The van der Waals surface area contributed by atoms with E-state index in [1.165, 1.54) is 11.2 Å². The molecular weight excluding hydrogens is 438 g/mol. The van der Waals surface area contributed by atoms with Crippen molar-refractivity contribution in [3.05, 3.63) is 70.9 Å². The van der Waals surface area contributed by atoms with Gasteiger partial charge in [-0.1, -0.05) is 35.6 Å². The molecule has 10 heteroatoms. The van der Waals surface area contributed by atoms with E-state index in [9.17, 15) is 18.4 Å². The Balaban J connectivity index is 1.81. The number of nitrogens with one attached hydrogen (secondary N) is 1. The SMILES string of the molecule is CC(=O)Nc1nc(C)c(N(c2cccc(CCc3ccc(C(=O)O)cc3)c2)S(=O)O)s1. The molecule has 1 amide bonds. The van der Waals surface area contributed by atoms with E-state index in [1.807, 2.05) is 18.2 Å². The van der Waals surface area contributed by atoms with Crippen molar-refractivity contribution in [2.24, 2.45) is 0 Å². The summed E-state index contributed by atoms with van der Waals surface area (Å²) in [5.41, 5.74) is 3.25. The summed E-state index contributed by atoms with van der Waals surface area (Å²) in [5.74, 6) is -1.23. The molecule has 0 aliphatic carbocycles. The second-order valence-electron chi connectivity index (χ2n) is 6.79. The number of rotatable bonds is 8. The first-order valence-electron chi connectivity index (χ1n) is 9.32. The van der Waals surface area contributed by atoms with Gasteiger partial charge in [0.1, 0.15) is 5.00 Å². The van der Waals surface area contributed by atoms with Gasteiger partial charge in [0.25, 0.3) is 11.3 Å². The first-order valence-corrected chi connectivity index (χ1v) is 11.2. The summed E-state index contributed by atoms with van der Waals surface area (Å²) >= 11 is -1.21. The molecule has 8 nitrogen and oxygen atoms in total. The lowest BCUT2D eigenvalue weighted by atomic mass is 10.0. The number of benzene rings is 2. The number of carboxylic acid groups (broad SMARTS) is 1. The minimum Gasteiger partial charge on any atom is -0.478 e. The number of aromatic nitrogens is 1. The van der Waals surface area contributed by atoms with Crippen LogP contribution in [0.3, 0.4) is 0 Å². The fourth-order valence-electron chi connectivity index (χ4n) is 3.00. The van der Waals surface area contributed by atoms with Gasteiger partial charge in [0.15, 0.2) is 5.13 Å². The number of nitrogens with zero attached hydrogens (tertiary/aromatic N) is 2. The van der Waals surface area contributed by atoms with E-state index in [2.05, 4.69) is 10.3 Å². The van der Waals surface area contributed by atoms with Crippen LogP contribution >= 0.6 is 11.3 Å². The molecule has 1 aromatic heterocycles. The van der Waals surface area contributed by atoms with Crippen molar-refractivity contribution < 1.29 is 23.5 Å². The lowest BCUT2D eigenvalue weighted by Crippen LogP contribution is -2.19. The number of hydrogen-bond acceptors (Lipinski definition) is 5. The smallest absolute Gasteiger partial charge is 0.335 e. The van der Waals surface area contributed by atoms with Crippen molar-refractivity contribution in [3.63, 3.8) is 0 Å². The maximum absolute atomic E-state index is 12.1. The topological polar surface area (TPSA) is 120 Å². The number of carboxylic acids is 1. The van der Waals surface area contributed by atoms with Gasteiger partial charge in [-0.25, -0.2) is 18.3 Å². The molecule has 0 saturated carbocycles. The fraction of sp³-hybridized carbons (Fsp3) is 0.190. The van der Waals surface area contributed by atoms with E-state index in [1.54, 1.807) is 37.3 Å². The van der Waals surface area contributed by atoms with Crippen LogP contribution in [0.1, 0.15) is 34.1 Å². The van der Waals surface area contributed by atoms with Crippen LogP contribution < -0.4 is 9.62 Å². The number of carbonyl (C=O) groups is 2. The van der Waals surface area contributed by atoms with Crippen LogP contribution in [-0.4, -0.2) is 30.7 Å². The summed E-state index contributed by atoms with van der Waals surface area (Å²) in [6.45, 7) is 3.08. The van der Waals surface area contributed by atoms with Crippen LogP contribution in [0.5, 0.6) is 0 Å². The second-order valence-corrected chi connectivity index (χ2v) is 8.59. The Kier molecular flexibility index (Phi) is 7.16. The molecule has 162 valence electrons. The predicted molar refractivity (Wildman–Crippen MR) is 121 cm³/mol. The van der Waals surface area contributed by atoms with Gasteiger partial charge in [-0.05, 0) is 55.2 Å². The highest BCUT2D eigenvalue weighted by molar-refractivity contribution is 7.81. The van der Waals surface area contributed by atoms with Crippen LogP contribution in [0.2, 0.25) is 0 Å². The summed E-state index contributed by atoms with van der Waals surface area (Å²) < 4.78 is 23.4. The molecule has 0 radical (unpaired) electrons. The molecule has 0 saturated heterocycles. The molecule has 3 N–H and O–H groups in total. The van der Waals surface area contributed by atoms with Gasteiger partial charge in [-0.2, -0.15) is 0 Å². The molecule has 1 heterocycles. The number of carbonyl (C=O) groups excluding carboxylic acids is 1. The zero-order chi connectivity index (χ0) is 22.5. The third-order valence-electron chi connectivity index (χ3n) is 4.44. The maximum atomic E-state index is 12.1. The van der Waals surface area contributed by atoms with Gasteiger partial charge in [-0.3, -0.25) is 9.35 Å². The normalized spacial score (nSPS) is 11.7. The third kappa shape index (κ3) is 5.75. The van der Waals surface area contributed by atoms with Gasteiger partial charge in [0.05, 0.1) is 16.9 Å². The van der Waals surface area contributed by atoms with Crippen molar-refractivity contribution in [2.45, 2.75) is 26.7 Å². The van der Waals surface area contributed by atoms with Gasteiger partial charge in [-0.15, -0.1) is 0 Å². The average molecular weight is 460 g/mol. The van der Waals surface area contributed by atoms with Crippen molar-refractivity contribution >= 4 is 50.3 Å². The molecule has 2 aromatic carbocycles. The number of amides is 1. The van der Waals surface area contributed by atoms with Crippen molar-refractivity contribution in [3.8, 4) is 0 Å². The number of aryl methyl sites for hydroxylation is 3. The van der Waals surface area contributed by atoms with Crippen LogP contribution in [0, 0.1) is 6.92 Å². The first kappa shape index (κ1) is 22.6. The average Bonchev–Trinajstić information content (AvgIpc) is 3.05. The third-order valence-corrected chi connectivity index (χ3v) is 6.32. The Morgan fingerprint density at radius 1 is 1.13 bits per heavy atom. The lowest BCUT2D eigenvalue weighted by molar-refractivity contribution is -0.114. The molecule has 3 aromatic rings. The van der Waals surface area contributed by atoms with Crippen LogP contribution in [0.4, 0.5) is 15.8 Å². The first-order chi connectivity index (χ1) is 14.7. The molecular formula is C21H21N3O5S2. The Morgan fingerprint density at radius 3 is 2.42 bits per heavy atom. The van der Waals surface area contributed by atoms with Crippen molar-refractivity contribution in [1.82, 2.24) is 4.98 Å². The summed E-state index contributed by atoms with van der Waals surface area (Å²) in [4.78, 5) is 26.5. The second kappa shape index (κ2) is 9.82. The van der Waals surface area contributed by atoms with E-state index >= 15 is 0 Å². The highest BCUT2D eigenvalue weighted by Gasteiger charge is 2.22. The maximum Gasteiger partial charge on any atom is 0.335 e. The van der Waals surface area contributed by atoms with Gasteiger partial charge >= 0.3 is 5.97 Å². The lowest BCUT2D eigenvalue weighted by Gasteiger charge is -2.19. The van der Waals surface area contributed by atoms with Gasteiger partial charge in [0.2, 0.25) is 5.91 Å². The number of hydrogen-bond donors (Lipinski definition) is 3. The largest absolute Gasteiger partial charge is 0.478 e. The number of thiazole rings is 1. The van der Waals surface area contributed by atoms with Crippen molar-refractivity contribution in [2.75, 3.05) is 9.62 Å². The molecule has 0 spiro atoms. The minimum atomic E-state index is -2.33. The van der Waals surface area contributed by atoms with Crippen molar-refractivity contribution in [1.29, 1.82) is 0 Å². The Morgan fingerprint density at radius 2 is 1.81 bits per heavy atom. The van der Waals surface area contributed by atoms with E-state index in [0.29, 0.717) is 34.4 Å². The molecule has 1 unspecified atom stereocenters. The molecule has 0 bridgehead atoms. The molecule has 0 fully saturated rings. The quantitative estimate of drug-likeness (QED) is 0.435. The summed E-state index contributed by atoms with van der Waals surface area (Å²) in [6.07, 6.45) is 1.36. The zero-order valence-corrected chi connectivity index (χ0v) is 18.5. The standard InChI is InChI=1S/C21H21N3O5S2/c1-13-19(30-21(22-13)23-14(2)25)24(31(28)29)18-5-3-4-16(12-18)7-6-15-8-10-17(11-9-15)20(26)27/h3-5,8-12H,6-7H2,1-2H3,(H,26,27)(H,28,29)(H,22,23,25). The number of aromatic carboxylic acids is 1. The van der Waals surface area contributed by atoms with E-state index in [0.717, 1.165) is 22.5 Å². The Labute approximate surface area is 186 Å². The highest BCUT2D eigenvalue weighted by Crippen LogP contribution is 2.37. The van der Waals surface area contributed by atoms with E-state index < -0.39 is 17.2 Å². The van der Waals surface area contributed by atoms with Gasteiger partial charge in [0, 0.05) is 6.92 Å². The van der Waals surface area contributed by atoms with Crippen LogP contribution in [0.15, 0.2) is 48.5 Å². The van der Waals surface area contributed by atoms with Crippen LogP contribution in [0.25, 0.3) is 0 Å². The zero-order valence-electron chi connectivity index (χ0n) is 16.9. The van der Waals surface area contributed by atoms with Crippen LogP contribution in [-0.2, 0) is 28.9 Å². The summed E-state index contributed by atoms with van der Waals surface area (Å²) in [5, 5.41) is 12.4. The molecule has 1 atom stereocenters. The monoisotopic (exact) mass is 459 g/mol. The molecule has 31 heavy (non-hydrogen) atoms. The molecule has 0 aliphatic rings. The summed E-state index contributed by atoms with van der Waals surface area (Å²) in [7, 11) is 0.